The van der Waals surface area contributed by atoms with Gasteiger partial charge in [0.1, 0.15) is 17.6 Å². The number of rotatable bonds is 14. The summed E-state index contributed by atoms with van der Waals surface area (Å²) in [7, 11) is 1.67. The molecule has 0 saturated carbocycles. The van der Waals surface area contributed by atoms with Crippen LogP contribution in [0.5, 0.6) is 5.75 Å². The van der Waals surface area contributed by atoms with Crippen molar-refractivity contribution in [1.29, 1.82) is 5.41 Å². The van der Waals surface area contributed by atoms with Crippen LogP contribution in [0.2, 0.25) is 5.02 Å². The summed E-state index contributed by atoms with van der Waals surface area (Å²) in [5, 5.41) is 11.1. The Labute approximate surface area is 269 Å². The maximum absolute atomic E-state index is 13.9. The Morgan fingerprint density at radius 2 is 1.89 bits per heavy atom. The van der Waals surface area contributed by atoms with E-state index in [1.165, 1.54) is 11.9 Å². The molecule has 0 aromatic heterocycles. The van der Waals surface area contributed by atoms with Crippen LogP contribution in [0.3, 0.4) is 0 Å². The van der Waals surface area contributed by atoms with E-state index in [1.807, 2.05) is 66.4 Å². The number of amides is 2. The van der Waals surface area contributed by atoms with Crippen LogP contribution in [0.4, 0.5) is 0 Å². The molecule has 44 heavy (non-hydrogen) atoms. The van der Waals surface area contributed by atoms with Crippen LogP contribution < -0.4 is 20.5 Å². The summed E-state index contributed by atoms with van der Waals surface area (Å²) in [4.78, 5) is 28.4. The van der Waals surface area contributed by atoms with Crippen molar-refractivity contribution in [1.82, 2.24) is 14.9 Å². The second-order valence-corrected chi connectivity index (χ2v) is 12.3. The fraction of sp³-hybridized carbons (Fsp3) is 0.382. The number of halogens is 1. The van der Waals surface area contributed by atoms with E-state index < -0.39 is 6.04 Å². The SMILES string of the molecule is CCOc1ccc(-c2cccc(SNC(Cc3cccc(C(=N)N)c3)C(=O)N3CCC(CCCC(=O)NC)CC3)c2)c(Cl)c1. The molecule has 1 fully saturated rings. The molecule has 2 amide bonds. The van der Waals surface area contributed by atoms with Gasteiger partial charge in [0.15, 0.2) is 0 Å². The van der Waals surface area contributed by atoms with Gasteiger partial charge in [0.25, 0.3) is 0 Å². The summed E-state index contributed by atoms with van der Waals surface area (Å²) in [6, 6.07) is 20.8. The number of hydrogen-bond donors (Lipinski definition) is 4. The number of nitrogens with zero attached hydrogens (tertiary/aromatic N) is 1. The van der Waals surface area contributed by atoms with Gasteiger partial charge < -0.3 is 20.7 Å². The zero-order chi connectivity index (χ0) is 31.5. The number of nitrogens with one attached hydrogen (secondary N) is 3. The van der Waals surface area contributed by atoms with Crippen LogP contribution in [-0.2, 0) is 16.0 Å². The Balaban J connectivity index is 1.45. The van der Waals surface area contributed by atoms with Crippen molar-refractivity contribution in [2.45, 2.75) is 56.4 Å². The van der Waals surface area contributed by atoms with E-state index in [1.54, 1.807) is 13.1 Å². The van der Waals surface area contributed by atoms with Gasteiger partial charge in [-0.05, 0) is 104 Å². The monoisotopic (exact) mass is 635 g/mol. The van der Waals surface area contributed by atoms with Crippen molar-refractivity contribution in [3.8, 4) is 16.9 Å². The van der Waals surface area contributed by atoms with Crippen molar-refractivity contribution in [2.75, 3.05) is 26.7 Å². The van der Waals surface area contributed by atoms with E-state index in [0.29, 0.717) is 49.0 Å². The zero-order valence-corrected chi connectivity index (χ0v) is 27.0. The van der Waals surface area contributed by atoms with Crippen LogP contribution in [0.25, 0.3) is 11.1 Å². The molecule has 234 valence electrons. The number of amidine groups is 1. The summed E-state index contributed by atoms with van der Waals surface area (Å²) in [5.41, 5.74) is 9.19. The Hall–Kier alpha value is -3.53. The first kappa shape index (κ1) is 33.4. The molecule has 0 spiro atoms. The molecular weight excluding hydrogens is 594 g/mol. The van der Waals surface area contributed by atoms with E-state index in [-0.39, 0.29) is 17.6 Å². The normalized spacial score (nSPS) is 14.2. The lowest BCUT2D eigenvalue weighted by molar-refractivity contribution is -0.134. The van der Waals surface area contributed by atoms with Gasteiger partial charge in [-0.1, -0.05) is 41.9 Å². The molecule has 10 heteroatoms. The quantitative estimate of drug-likeness (QED) is 0.0972. The number of carbonyl (C=O) groups excluding carboxylic acids is 2. The molecule has 0 radical (unpaired) electrons. The van der Waals surface area contributed by atoms with E-state index in [0.717, 1.165) is 53.0 Å². The summed E-state index contributed by atoms with van der Waals surface area (Å²) in [5.74, 6) is 1.39. The molecule has 1 unspecified atom stereocenters. The fourth-order valence-corrected chi connectivity index (χ4v) is 6.55. The lowest BCUT2D eigenvalue weighted by Crippen LogP contribution is -2.48. The van der Waals surface area contributed by atoms with Gasteiger partial charge in [-0.2, -0.15) is 0 Å². The largest absolute Gasteiger partial charge is 0.494 e. The van der Waals surface area contributed by atoms with E-state index in [4.69, 9.17) is 27.5 Å². The Kier molecular flexibility index (Phi) is 12.5. The maximum atomic E-state index is 13.9. The zero-order valence-electron chi connectivity index (χ0n) is 25.4. The molecule has 1 aliphatic heterocycles. The van der Waals surface area contributed by atoms with Crippen LogP contribution >= 0.6 is 23.5 Å². The van der Waals surface area contributed by atoms with E-state index in [9.17, 15) is 9.59 Å². The highest BCUT2D eigenvalue weighted by Gasteiger charge is 2.29. The summed E-state index contributed by atoms with van der Waals surface area (Å²) >= 11 is 8.02. The second kappa shape index (κ2) is 16.5. The van der Waals surface area contributed by atoms with Gasteiger partial charge in [0.2, 0.25) is 11.8 Å². The van der Waals surface area contributed by atoms with Gasteiger partial charge in [0, 0.05) is 42.6 Å². The standard InChI is InChI=1S/C34H42ClN5O3S/c1-3-43-27-13-14-29(30(35)22-27)25-9-6-11-28(21-25)44-39-31(20-24-8-4-10-26(19-24)33(36)37)34(42)40-17-15-23(16-18-40)7-5-12-32(41)38-2/h4,6,8-11,13-14,19,21-23,31,39H,3,5,7,12,15-18,20H2,1-2H3,(H3,36,37)(H,38,41). The molecule has 0 aliphatic carbocycles. The van der Waals surface area contributed by atoms with Crippen molar-refractivity contribution in [3.63, 3.8) is 0 Å². The minimum absolute atomic E-state index is 0.000293. The molecule has 8 nitrogen and oxygen atoms in total. The lowest BCUT2D eigenvalue weighted by atomic mass is 9.91. The third kappa shape index (κ3) is 9.48. The van der Waals surface area contributed by atoms with E-state index in [2.05, 4.69) is 16.1 Å². The number of hydrogen-bond acceptors (Lipinski definition) is 6. The predicted octanol–water partition coefficient (Wildman–Crippen LogP) is 6.05. The molecule has 0 bridgehead atoms. The van der Waals surface area contributed by atoms with Crippen LogP contribution in [0, 0.1) is 11.3 Å². The average molecular weight is 636 g/mol. The van der Waals surface area contributed by atoms with Gasteiger partial charge in [-0.15, -0.1) is 0 Å². The number of carbonyl (C=O) groups is 2. The first-order valence-electron chi connectivity index (χ1n) is 15.1. The molecule has 1 saturated heterocycles. The number of ether oxygens (including phenoxy) is 1. The van der Waals surface area contributed by atoms with Gasteiger partial charge in [-0.3, -0.25) is 15.0 Å². The minimum atomic E-state index is -0.482. The highest BCUT2D eigenvalue weighted by molar-refractivity contribution is 7.97. The van der Waals surface area contributed by atoms with Gasteiger partial charge >= 0.3 is 0 Å². The molecular formula is C34H42ClN5O3S. The van der Waals surface area contributed by atoms with E-state index >= 15 is 0 Å². The van der Waals surface area contributed by atoms with Crippen molar-refractivity contribution in [2.24, 2.45) is 11.7 Å². The topological polar surface area (TPSA) is 121 Å². The molecule has 3 aromatic rings. The Morgan fingerprint density at radius 3 is 2.59 bits per heavy atom. The lowest BCUT2D eigenvalue weighted by Gasteiger charge is -2.34. The minimum Gasteiger partial charge on any atom is -0.494 e. The van der Waals surface area contributed by atoms with Crippen LogP contribution in [-0.4, -0.2) is 55.3 Å². The van der Waals surface area contributed by atoms with Gasteiger partial charge in [-0.25, -0.2) is 4.72 Å². The number of benzene rings is 3. The molecule has 5 N–H and O–H groups in total. The van der Waals surface area contributed by atoms with Crippen molar-refractivity contribution >= 4 is 41.2 Å². The number of nitrogen functional groups attached to an aromatic ring is 1. The summed E-state index contributed by atoms with van der Waals surface area (Å²) < 4.78 is 9.03. The first-order valence-corrected chi connectivity index (χ1v) is 16.3. The maximum Gasteiger partial charge on any atom is 0.240 e. The second-order valence-electron chi connectivity index (χ2n) is 11.0. The smallest absolute Gasteiger partial charge is 0.240 e. The molecule has 1 aliphatic rings. The summed E-state index contributed by atoms with van der Waals surface area (Å²) in [6.07, 6.45) is 4.74. The highest BCUT2D eigenvalue weighted by Crippen LogP contribution is 2.33. The van der Waals surface area contributed by atoms with Crippen LogP contribution in [0.1, 0.15) is 50.2 Å². The Bertz CT molecular complexity index is 1440. The average Bonchev–Trinajstić information content (AvgIpc) is 3.03. The fourth-order valence-electron chi connectivity index (χ4n) is 5.47. The van der Waals surface area contributed by atoms with Crippen molar-refractivity contribution in [3.05, 3.63) is 82.9 Å². The number of piperidine rings is 1. The van der Waals surface area contributed by atoms with Gasteiger partial charge in [0.05, 0.1) is 11.6 Å². The summed E-state index contributed by atoms with van der Waals surface area (Å²) in [6.45, 7) is 3.91. The van der Waals surface area contributed by atoms with Crippen molar-refractivity contribution < 1.29 is 14.3 Å². The number of nitrogens with two attached hydrogens (primary N) is 1. The highest BCUT2D eigenvalue weighted by atomic mass is 35.5. The predicted molar refractivity (Wildman–Crippen MR) is 179 cm³/mol. The third-order valence-corrected chi connectivity index (χ3v) is 9.12. The third-order valence-electron chi connectivity index (χ3n) is 7.91. The molecule has 1 atom stereocenters. The molecule has 3 aromatic carbocycles. The molecule has 4 rings (SSSR count). The number of likely N-dealkylation sites (tertiary alicyclic amines) is 1. The van der Waals surface area contributed by atoms with Crippen LogP contribution in [0.15, 0.2) is 71.6 Å². The first-order chi connectivity index (χ1) is 21.3. The molecule has 1 heterocycles. The Morgan fingerprint density at radius 1 is 1.11 bits per heavy atom.